The summed E-state index contributed by atoms with van der Waals surface area (Å²) in [5.74, 6) is 1.12. The topological polar surface area (TPSA) is 205 Å². The summed E-state index contributed by atoms with van der Waals surface area (Å²) in [4.78, 5) is 42.1. The highest BCUT2D eigenvalue weighted by atomic mass is 17.2. The maximum Gasteiger partial charge on any atom is 0.222 e. The quantitative estimate of drug-likeness (QED) is 0.108. The van der Waals surface area contributed by atoms with Gasteiger partial charge in [0.05, 0.1) is 12.0 Å². The molecule has 0 aliphatic carbocycles. The second-order valence-electron chi connectivity index (χ2n) is 13.4. The Morgan fingerprint density at radius 2 is 1.92 bits per heavy atom. The van der Waals surface area contributed by atoms with Crippen LogP contribution in [0.1, 0.15) is 50.9 Å². The number of amides is 1. The number of nitrogens with one attached hydrogen (secondary N) is 2. The number of fused-ring (bicyclic) bond motifs is 3. The van der Waals surface area contributed by atoms with E-state index in [0.29, 0.717) is 59.5 Å². The van der Waals surface area contributed by atoms with E-state index < -0.39 is 49.3 Å². The minimum atomic E-state index is -1.82. The average Bonchev–Trinajstić information content (AvgIpc) is 3.78. The lowest BCUT2D eigenvalue weighted by atomic mass is 9.83. The molecule has 1 saturated heterocycles. The van der Waals surface area contributed by atoms with Gasteiger partial charge in [-0.2, -0.15) is 0 Å². The lowest BCUT2D eigenvalue weighted by molar-refractivity contribution is -0.793. The SMILES string of the molecule is CCC1C2=CC=NC2=C[NH+]1c1c2c(cc3c(=O)cc(C)oc13)CC(OOCC(O)C(O)C(O)C(O)CO)C(C)(CCC1CNC(=O)C1)O2. The minimum Gasteiger partial charge on any atom is -0.478 e. The summed E-state index contributed by atoms with van der Waals surface area (Å²) in [6.07, 6.45) is 0.622. The second kappa shape index (κ2) is 13.8. The number of hydrogen-bond acceptors (Lipinski definition) is 12. The molecule has 1 fully saturated rings. The minimum absolute atomic E-state index is 0.00151. The van der Waals surface area contributed by atoms with E-state index in [0.717, 1.165) is 22.6 Å². The molecule has 0 radical (unpaired) electrons. The molecule has 7 N–H and O–H groups in total. The lowest BCUT2D eigenvalue weighted by Gasteiger charge is -2.42. The first kappa shape index (κ1) is 34.4. The normalized spacial score (nSPS) is 28.7. The van der Waals surface area contributed by atoms with Crippen LogP contribution in [0, 0.1) is 12.8 Å². The standard InChI is InChI=1S/C34H43N3O11/c1-4-23-20-6-8-35-22(20)14-37(23)29-32-19(11-21-24(39)9-17(2)46-33(21)29)12-27(34(3,47-32)7-5-18-10-28(42)36-13-18)48-45-16-26(41)31(44)30(43)25(40)15-38/h6,8-9,11,14,18,23,25-27,30-31,38,40-41,43-44H,4-5,7,10,12-13,15-16H2,1-3H3,(H,36,42)/p+1. The molecular weight excluding hydrogens is 626 g/mol. The molecule has 5 heterocycles. The van der Waals surface area contributed by atoms with Crippen LogP contribution in [-0.4, -0.2) is 99.6 Å². The summed E-state index contributed by atoms with van der Waals surface area (Å²) in [6.45, 7) is 4.89. The monoisotopic (exact) mass is 670 g/mol. The van der Waals surface area contributed by atoms with Gasteiger partial charge in [-0.15, -0.1) is 0 Å². The second-order valence-corrected chi connectivity index (χ2v) is 13.4. The van der Waals surface area contributed by atoms with E-state index in [1.54, 1.807) is 19.2 Å². The van der Waals surface area contributed by atoms with Crippen molar-refractivity contribution < 1.29 is 54.2 Å². The summed E-state index contributed by atoms with van der Waals surface area (Å²) in [6, 6.07) is 3.20. The number of quaternary nitrogens is 1. The zero-order valence-electron chi connectivity index (χ0n) is 27.2. The zero-order valence-corrected chi connectivity index (χ0v) is 27.2. The molecule has 14 heteroatoms. The fourth-order valence-electron chi connectivity index (χ4n) is 7.13. The predicted molar refractivity (Wildman–Crippen MR) is 172 cm³/mol. The molecule has 4 aliphatic heterocycles. The number of benzene rings is 1. The maximum absolute atomic E-state index is 13.4. The van der Waals surface area contributed by atoms with Crippen LogP contribution in [-0.2, 0) is 21.0 Å². The van der Waals surface area contributed by atoms with Crippen molar-refractivity contribution >= 4 is 28.8 Å². The summed E-state index contributed by atoms with van der Waals surface area (Å²) < 4.78 is 13.2. The van der Waals surface area contributed by atoms with Crippen molar-refractivity contribution in [3.63, 3.8) is 0 Å². The molecule has 0 saturated carbocycles. The van der Waals surface area contributed by atoms with Gasteiger partial charge in [-0.3, -0.25) is 19.5 Å². The number of rotatable bonds is 13. The van der Waals surface area contributed by atoms with E-state index in [-0.39, 0.29) is 29.7 Å². The summed E-state index contributed by atoms with van der Waals surface area (Å²) >= 11 is 0. The number of nitrogens with zero attached hydrogens (tertiary/aromatic N) is 1. The molecule has 48 heavy (non-hydrogen) atoms. The molecule has 2 aromatic rings. The number of allylic oxidation sites excluding steroid dienone is 1. The highest BCUT2D eigenvalue weighted by molar-refractivity contribution is 5.90. The van der Waals surface area contributed by atoms with Gasteiger partial charge in [0.2, 0.25) is 17.2 Å². The van der Waals surface area contributed by atoms with Gasteiger partial charge in [-0.05, 0) is 44.7 Å². The van der Waals surface area contributed by atoms with Crippen molar-refractivity contribution in [3.8, 4) is 5.75 Å². The Bertz CT molecular complexity index is 1700. The number of aryl methyl sites for hydroxylation is 1. The number of ether oxygens (including phenoxy) is 1. The van der Waals surface area contributed by atoms with Crippen LogP contribution in [0.25, 0.3) is 11.0 Å². The van der Waals surface area contributed by atoms with Crippen molar-refractivity contribution in [2.75, 3.05) is 19.8 Å². The highest BCUT2D eigenvalue weighted by Crippen LogP contribution is 2.45. The van der Waals surface area contributed by atoms with Crippen molar-refractivity contribution in [1.29, 1.82) is 0 Å². The van der Waals surface area contributed by atoms with Gasteiger partial charge in [0.25, 0.3) is 0 Å². The van der Waals surface area contributed by atoms with Crippen molar-refractivity contribution in [2.45, 2.75) is 95.0 Å². The molecule has 14 nitrogen and oxygen atoms in total. The Morgan fingerprint density at radius 1 is 1.15 bits per heavy atom. The first-order valence-corrected chi connectivity index (χ1v) is 16.4. The molecule has 9 unspecified atom stereocenters. The number of carbonyl (C=O) groups is 1. The van der Waals surface area contributed by atoms with E-state index in [1.165, 1.54) is 6.07 Å². The molecule has 0 bridgehead atoms. The predicted octanol–water partition coefficient (Wildman–Crippen LogP) is -0.375. The average molecular weight is 671 g/mol. The molecule has 1 amide bonds. The van der Waals surface area contributed by atoms with Gasteiger partial charge in [-0.25, -0.2) is 9.78 Å². The number of carbonyl (C=O) groups excluding carboxylic acids is 1. The van der Waals surface area contributed by atoms with E-state index in [1.807, 2.05) is 19.2 Å². The summed E-state index contributed by atoms with van der Waals surface area (Å²) in [5.41, 5.74) is 2.54. The highest BCUT2D eigenvalue weighted by Gasteiger charge is 2.48. The van der Waals surface area contributed by atoms with E-state index in [4.69, 9.17) is 24.0 Å². The Balaban J connectivity index is 1.36. The van der Waals surface area contributed by atoms with Gasteiger partial charge < -0.3 is 40.0 Å². The number of aliphatic hydroxyl groups is 5. The van der Waals surface area contributed by atoms with Gasteiger partial charge >= 0.3 is 0 Å². The van der Waals surface area contributed by atoms with Crippen LogP contribution >= 0.6 is 0 Å². The van der Waals surface area contributed by atoms with Crippen molar-refractivity contribution in [1.82, 2.24) is 5.32 Å². The van der Waals surface area contributed by atoms with E-state index >= 15 is 0 Å². The van der Waals surface area contributed by atoms with Crippen molar-refractivity contribution in [3.05, 3.63) is 57.2 Å². The smallest absolute Gasteiger partial charge is 0.222 e. The van der Waals surface area contributed by atoms with Gasteiger partial charge in [0.1, 0.15) is 66.4 Å². The largest absolute Gasteiger partial charge is 0.478 e. The molecule has 9 atom stereocenters. The molecular formula is C34H44N3O11+. The van der Waals surface area contributed by atoms with Crippen LogP contribution in [0.15, 0.2) is 49.9 Å². The zero-order chi connectivity index (χ0) is 34.3. The summed E-state index contributed by atoms with van der Waals surface area (Å²) in [5, 5.41) is 52.7. The van der Waals surface area contributed by atoms with Crippen LogP contribution in [0.5, 0.6) is 5.75 Å². The molecule has 0 spiro atoms. The maximum atomic E-state index is 13.4. The molecule has 6 rings (SSSR count). The van der Waals surface area contributed by atoms with Crippen LogP contribution in [0.4, 0.5) is 5.69 Å². The fourth-order valence-corrected chi connectivity index (χ4v) is 7.13. The first-order valence-electron chi connectivity index (χ1n) is 16.4. The summed E-state index contributed by atoms with van der Waals surface area (Å²) in [7, 11) is 0. The van der Waals surface area contributed by atoms with Gasteiger partial charge in [0.15, 0.2) is 11.2 Å². The molecule has 4 aliphatic rings. The van der Waals surface area contributed by atoms with E-state index in [9.17, 15) is 30.0 Å². The third kappa shape index (κ3) is 6.46. The van der Waals surface area contributed by atoms with Crippen LogP contribution in [0.3, 0.4) is 0 Å². The number of aliphatic hydroxyl groups excluding tert-OH is 5. The van der Waals surface area contributed by atoms with Crippen LogP contribution in [0.2, 0.25) is 0 Å². The lowest BCUT2D eigenvalue weighted by Crippen LogP contribution is -3.05. The molecule has 1 aromatic heterocycles. The Hall–Kier alpha value is -3.47. The van der Waals surface area contributed by atoms with Crippen molar-refractivity contribution in [2.24, 2.45) is 10.9 Å². The molecule has 1 aromatic carbocycles. The third-order valence-electron chi connectivity index (χ3n) is 9.96. The van der Waals surface area contributed by atoms with Gasteiger partial charge in [0, 0.05) is 49.2 Å². The number of aliphatic imine (C=N–C) groups is 1. The van der Waals surface area contributed by atoms with Crippen LogP contribution < -0.4 is 20.4 Å². The Morgan fingerprint density at radius 3 is 2.62 bits per heavy atom. The Kier molecular flexibility index (Phi) is 9.89. The number of hydrogen-bond donors (Lipinski definition) is 7. The third-order valence-corrected chi connectivity index (χ3v) is 9.96. The molecule has 260 valence electrons. The first-order chi connectivity index (χ1) is 22.9. The van der Waals surface area contributed by atoms with Gasteiger partial charge in [-0.1, -0.05) is 6.92 Å². The fraction of sp³-hybridized carbons (Fsp3) is 0.559. The van der Waals surface area contributed by atoms with E-state index in [2.05, 4.69) is 17.2 Å². The Labute approximate surface area is 276 Å².